The van der Waals surface area contributed by atoms with Crippen LogP contribution in [0.25, 0.3) is 10.1 Å². The van der Waals surface area contributed by atoms with E-state index in [9.17, 15) is 0 Å². The minimum atomic E-state index is 0.575. The lowest BCUT2D eigenvalue weighted by Crippen LogP contribution is -1.72. The number of hydrogen-bond donors (Lipinski definition) is 1. The molecule has 2 N–H and O–H groups in total. The molecule has 0 aliphatic heterocycles. The monoisotopic (exact) mass is 217 g/mol. The van der Waals surface area contributed by atoms with E-state index in [0.717, 1.165) is 15.1 Å². The number of hydrogen-bond acceptors (Lipinski definition) is 2. The minimum Gasteiger partial charge on any atom is -0.391 e. The molecule has 2 rings (SSSR count). The van der Waals surface area contributed by atoms with Crippen molar-refractivity contribution in [3.8, 4) is 0 Å². The van der Waals surface area contributed by atoms with Gasteiger partial charge in [-0.05, 0) is 17.5 Å². The topological polar surface area (TPSA) is 26.0 Å². The Morgan fingerprint density at radius 2 is 2.00 bits per heavy atom. The van der Waals surface area contributed by atoms with E-state index in [-0.39, 0.29) is 0 Å². The average Bonchev–Trinajstić information content (AvgIpc) is 2.39. The Kier molecular flexibility index (Phi) is 1.91. The van der Waals surface area contributed by atoms with Gasteiger partial charge in [-0.1, -0.05) is 29.3 Å². The SMILES string of the molecule is Nc1cc2ccc(Cl)c(Cl)c2s1. The van der Waals surface area contributed by atoms with Gasteiger partial charge in [-0.15, -0.1) is 11.3 Å². The summed E-state index contributed by atoms with van der Waals surface area (Å²) in [5.74, 6) is 0. The van der Waals surface area contributed by atoms with Crippen LogP contribution in [0.3, 0.4) is 0 Å². The highest BCUT2D eigenvalue weighted by atomic mass is 35.5. The smallest absolute Gasteiger partial charge is 0.0869 e. The van der Waals surface area contributed by atoms with Crippen molar-refractivity contribution in [3.05, 3.63) is 28.2 Å². The van der Waals surface area contributed by atoms with Crippen molar-refractivity contribution in [3.63, 3.8) is 0 Å². The normalized spacial score (nSPS) is 10.8. The van der Waals surface area contributed by atoms with Crippen molar-refractivity contribution in [1.82, 2.24) is 0 Å². The highest BCUT2D eigenvalue weighted by molar-refractivity contribution is 7.23. The quantitative estimate of drug-likeness (QED) is 0.715. The molecule has 2 aromatic rings. The number of halogens is 2. The first kappa shape index (κ1) is 8.17. The molecule has 0 amide bonds. The molecule has 0 spiro atoms. The molecule has 1 aromatic heterocycles. The third-order valence-corrected chi connectivity index (χ3v) is 3.51. The fourth-order valence-electron chi connectivity index (χ4n) is 1.06. The van der Waals surface area contributed by atoms with E-state index in [1.165, 1.54) is 11.3 Å². The molecule has 0 atom stereocenters. The summed E-state index contributed by atoms with van der Waals surface area (Å²) in [7, 11) is 0. The first-order valence-electron chi connectivity index (χ1n) is 3.31. The number of thiophene rings is 1. The standard InChI is InChI=1S/C8H5Cl2NS/c9-5-2-1-4-3-6(11)12-8(4)7(5)10/h1-3H,11H2. The summed E-state index contributed by atoms with van der Waals surface area (Å²) in [6, 6.07) is 5.58. The lowest BCUT2D eigenvalue weighted by atomic mass is 10.3. The average molecular weight is 218 g/mol. The summed E-state index contributed by atoms with van der Waals surface area (Å²) in [6.07, 6.45) is 0. The fraction of sp³-hybridized carbons (Fsp3) is 0. The van der Waals surface area contributed by atoms with Gasteiger partial charge in [0.25, 0.3) is 0 Å². The number of fused-ring (bicyclic) bond motifs is 1. The highest BCUT2D eigenvalue weighted by Gasteiger charge is 2.06. The summed E-state index contributed by atoms with van der Waals surface area (Å²) in [6.45, 7) is 0. The van der Waals surface area contributed by atoms with E-state index in [4.69, 9.17) is 28.9 Å². The minimum absolute atomic E-state index is 0.575. The molecule has 1 nitrogen and oxygen atoms in total. The Labute approximate surface area is 83.7 Å². The Bertz CT molecular complexity index is 436. The molecule has 12 heavy (non-hydrogen) atoms. The van der Waals surface area contributed by atoms with E-state index in [1.807, 2.05) is 12.1 Å². The second-order valence-corrected chi connectivity index (χ2v) is 4.30. The van der Waals surface area contributed by atoms with Crippen LogP contribution in [0.1, 0.15) is 0 Å². The lowest BCUT2D eigenvalue weighted by Gasteiger charge is -1.94. The lowest BCUT2D eigenvalue weighted by molar-refractivity contribution is 1.84. The highest BCUT2D eigenvalue weighted by Crippen LogP contribution is 2.37. The van der Waals surface area contributed by atoms with Gasteiger partial charge in [0.2, 0.25) is 0 Å². The van der Waals surface area contributed by atoms with Gasteiger partial charge in [0.15, 0.2) is 0 Å². The van der Waals surface area contributed by atoms with Crippen molar-refractivity contribution < 1.29 is 0 Å². The number of anilines is 1. The van der Waals surface area contributed by atoms with Gasteiger partial charge < -0.3 is 5.73 Å². The Morgan fingerprint density at radius 1 is 1.25 bits per heavy atom. The second kappa shape index (κ2) is 2.80. The summed E-state index contributed by atoms with van der Waals surface area (Å²) >= 11 is 13.2. The van der Waals surface area contributed by atoms with Crippen LogP contribution in [0, 0.1) is 0 Å². The number of nitrogens with two attached hydrogens (primary N) is 1. The maximum Gasteiger partial charge on any atom is 0.0869 e. The number of benzene rings is 1. The first-order valence-corrected chi connectivity index (χ1v) is 4.89. The van der Waals surface area contributed by atoms with Gasteiger partial charge in [-0.25, -0.2) is 0 Å². The van der Waals surface area contributed by atoms with E-state index in [0.29, 0.717) is 10.0 Å². The van der Waals surface area contributed by atoms with Crippen molar-refractivity contribution in [2.45, 2.75) is 0 Å². The van der Waals surface area contributed by atoms with Crippen LogP contribution in [0.4, 0.5) is 5.00 Å². The second-order valence-electron chi connectivity index (χ2n) is 2.43. The van der Waals surface area contributed by atoms with Crippen molar-refractivity contribution in [2.24, 2.45) is 0 Å². The van der Waals surface area contributed by atoms with Crippen molar-refractivity contribution >= 4 is 49.6 Å². The van der Waals surface area contributed by atoms with Gasteiger partial charge in [0, 0.05) is 0 Å². The molecule has 4 heteroatoms. The fourth-order valence-corrected chi connectivity index (χ4v) is 2.43. The molecule has 0 aliphatic rings. The summed E-state index contributed by atoms with van der Waals surface area (Å²) in [4.78, 5) is 0. The zero-order valence-electron chi connectivity index (χ0n) is 5.97. The molecule has 62 valence electrons. The molecule has 0 radical (unpaired) electrons. The van der Waals surface area contributed by atoms with Gasteiger partial charge in [0.1, 0.15) is 0 Å². The molecule has 0 unspecified atom stereocenters. The van der Waals surface area contributed by atoms with E-state index in [2.05, 4.69) is 0 Å². The molecule has 0 saturated heterocycles. The zero-order valence-corrected chi connectivity index (χ0v) is 8.30. The van der Waals surface area contributed by atoms with Crippen LogP contribution in [0.5, 0.6) is 0 Å². The third-order valence-electron chi connectivity index (χ3n) is 1.60. The van der Waals surface area contributed by atoms with Crippen LogP contribution in [-0.4, -0.2) is 0 Å². The van der Waals surface area contributed by atoms with E-state index in [1.54, 1.807) is 6.07 Å². The van der Waals surface area contributed by atoms with Crippen molar-refractivity contribution in [1.29, 1.82) is 0 Å². The first-order chi connectivity index (χ1) is 5.68. The Hall–Kier alpha value is -0.440. The van der Waals surface area contributed by atoms with Gasteiger partial charge in [-0.2, -0.15) is 0 Å². The molecule has 0 aliphatic carbocycles. The zero-order chi connectivity index (χ0) is 8.72. The molecule has 0 saturated carbocycles. The van der Waals surface area contributed by atoms with Crippen molar-refractivity contribution in [2.75, 3.05) is 5.73 Å². The van der Waals surface area contributed by atoms with Gasteiger partial charge >= 0.3 is 0 Å². The van der Waals surface area contributed by atoms with E-state index >= 15 is 0 Å². The molecule has 1 aromatic carbocycles. The Balaban J connectivity index is 2.89. The van der Waals surface area contributed by atoms with Crippen LogP contribution < -0.4 is 5.73 Å². The predicted molar refractivity (Wildman–Crippen MR) is 56.3 cm³/mol. The van der Waals surface area contributed by atoms with Crippen LogP contribution >= 0.6 is 34.5 Å². The molecular weight excluding hydrogens is 213 g/mol. The van der Waals surface area contributed by atoms with Crippen LogP contribution in [0.2, 0.25) is 10.0 Å². The maximum absolute atomic E-state index is 5.96. The summed E-state index contributed by atoms with van der Waals surface area (Å²) in [5.41, 5.74) is 5.63. The summed E-state index contributed by atoms with van der Waals surface area (Å²) < 4.78 is 0.960. The molecule has 0 fully saturated rings. The Morgan fingerprint density at radius 3 is 2.75 bits per heavy atom. The number of rotatable bonds is 0. The van der Waals surface area contributed by atoms with Crippen LogP contribution in [0.15, 0.2) is 18.2 Å². The van der Waals surface area contributed by atoms with E-state index < -0.39 is 0 Å². The predicted octanol–water partition coefficient (Wildman–Crippen LogP) is 3.79. The van der Waals surface area contributed by atoms with Gasteiger partial charge in [-0.3, -0.25) is 0 Å². The molecular formula is C8H5Cl2NS. The maximum atomic E-state index is 5.96. The summed E-state index contributed by atoms with van der Waals surface area (Å²) in [5, 5.41) is 2.97. The molecule has 1 heterocycles. The largest absolute Gasteiger partial charge is 0.391 e. The van der Waals surface area contributed by atoms with Crippen LogP contribution in [-0.2, 0) is 0 Å². The van der Waals surface area contributed by atoms with Gasteiger partial charge in [0.05, 0.1) is 19.7 Å². The molecule has 0 bridgehead atoms. The number of nitrogen functional groups attached to an aromatic ring is 1. The third kappa shape index (κ3) is 1.16.